The molecular weight excluding hydrogens is 332 g/mol. The fourth-order valence-electron chi connectivity index (χ4n) is 3.56. The van der Waals surface area contributed by atoms with Gasteiger partial charge in [0.1, 0.15) is 11.8 Å². The minimum Gasteiger partial charge on any atom is -0.472 e. The Morgan fingerprint density at radius 1 is 1.19 bits per heavy atom. The average molecular weight is 348 g/mol. The molecule has 1 fully saturated rings. The second-order valence-corrected chi connectivity index (χ2v) is 6.33. The number of aromatic nitrogens is 3. The van der Waals surface area contributed by atoms with Crippen LogP contribution >= 0.6 is 0 Å². The van der Waals surface area contributed by atoms with E-state index >= 15 is 0 Å². The standard InChI is InChI=1S/C19H16N4O3/c24-19(13-6-10-25-12-13)22-8-5-14(11-22)23-17-15(3-1-7-20-17)21-18(23)16-4-2-9-26-16/h1-4,6-7,9-10,12,14H,5,8,11H2/t14-/m0/s1. The minimum absolute atomic E-state index is 0.0156. The molecule has 7 heteroatoms. The van der Waals surface area contributed by atoms with Crippen molar-refractivity contribution in [2.75, 3.05) is 13.1 Å². The van der Waals surface area contributed by atoms with Crippen molar-refractivity contribution >= 4 is 17.1 Å². The molecule has 4 aromatic rings. The first-order valence-electron chi connectivity index (χ1n) is 8.49. The Hall–Kier alpha value is -3.35. The maximum atomic E-state index is 12.6. The molecule has 26 heavy (non-hydrogen) atoms. The van der Waals surface area contributed by atoms with E-state index in [9.17, 15) is 4.79 Å². The largest absolute Gasteiger partial charge is 0.472 e. The molecule has 4 aromatic heterocycles. The number of imidazole rings is 1. The first-order chi connectivity index (χ1) is 12.8. The van der Waals surface area contributed by atoms with E-state index in [0.717, 1.165) is 23.4 Å². The van der Waals surface area contributed by atoms with Gasteiger partial charge in [0.25, 0.3) is 5.91 Å². The normalized spacial score (nSPS) is 17.2. The molecule has 1 aliphatic rings. The van der Waals surface area contributed by atoms with E-state index < -0.39 is 0 Å². The van der Waals surface area contributed by atoms with E-state index in [0.29, 0.717) is 24.4 Å². The van der Waals surface area contributed by atoms with Gasteiger partial charge in [0.05, 0.1) is 24.1 Å². The highest BCUT2D eigenvalue weighted by Gasteiger charge is 2.32. The number of carbonyl (C=O) groups excluding carboxylic acids is 1. The molecule has 1 amide bonds. The molecule has 5 rings (SSSR count). The van der Waals surface area contributed by atoms with Gasteiger partial charge in [0, 0.05) is 19.3 Å². The van der Waals surface area contributed by atoms with Crippen molar-refractivity contribution in [2.45, 2.75) is 12.5 Å². The van der Waals surface area contributed by atoms with Crippen molar-refractivity contribution in [3.8, 4) is 11.6 Å². The number of likely N-dealkylation sites (tertiary alicyclic amines) is 1. The first-order valence-corrected chi connectivity index (χ1v) is 8.49. The molecule has 0 aliphatic carbocycles. The van der Waals surface area contributed by atoms with E-state index in [1.54, 1.807) is 18.5 Å². The van der Waals surface area contributed by atoms with Crippen LogP contribution in [0.2, 0.25) is 0 Å². The van der Waals surface area contributed by atoms with Crippen molar-refractivity contribution < 1.29 is 13.6 Å². The molecule has 1 saturated heterocycles. The highest BCUT2D eigenvalue weighted by Crippen LogP contribution is 2.32. The fraction of sp³-hybridized carbons (Fsp3) is 0.211. The fourth-order valence-corrected chi connectivity index (χ4v) is 3.56. The maximum Gasteiger partial charge on any atom is 0.257 e. The number of hydrogen-bond donors (Lipinski definition) is 0. The number of nitrogens with zero attached hydrogens (tertiary/aromatic N) is 4. The van der Waals surface area contributed by atoms with Crippen LogP contribution in [0.3, 0.4) is 0 Å². The highest BCUT2D eigenvalue weighted by atomic mass is 16.3. The van der Waals surface area contributed by atoms with Gasteiger partial charge in [-0.2, -0.15) is 0 Å². The summed E-state index contributed by atoms with van der Waals surface area (Å²) >= 11 is 0. The van der Waals surface area contributed by atoms with E-state index in [1.807, 2.05) is 29.2 Å². The molecule has 0 radical (unpaired) electrons. The van der Waals surface area contributed by atoms with Crippen LogP contribution in [0.5, 0.6) is 0 Å². The third kappa shape index (κ3) is 2.32. The zero-order chi connectivity index (χ0) is 17.5. The number of carbonyl (C=O) groups is 1. The number of rotatable bonds is 3. The van der Waals surface area contributed by atoms with Crippen molar-refractivity contribution in [3.05, 3.63) is 60.9 Å². The molecule has 1 aliphatic heterocycles. The van der Waals surface area contributed by atoms with Gasteiger partial charge in [-0.15, -0.1) is 0 Å². The second-order valence-electron chi connectivity index (χ2n) is 6.33. The number of pyridine rings is 1. The van der Waals surface area contributed by atoms with Crippen molar-refractivity contribution in [1.29, 1.82) is 0 Å². The molecule has 0 spiro atoms. The molecule has 0 saturated carbocycles. The van der Waals surface area contributed by atoms with Crippen molar-refractivity contribution in [3.63, 3.8) is 0 Å². The number of fused-ring (bicyclic) bond motifs is 1. The second kappa shape index (κ2) is 5.87. The zero-order valence-corrected chi connectivity index (χ0v) is 13.9. The van der Waals surface area contributed by atoms with E-state index in [2.05, 4.69) is 9.55 Å². The van der Waals surface area contributed by atoms with Gasteiger partial charge in [-0.3, -0.25) is 4.79 Å². The predicted octanol–water partition coefficient (Wildman–Crippen LogP) is 3.37. The Bertz CT molecular complexity index is 1050. The predicted molar refractivity (Wildman–Crippen MR) is 93.5 cm³/mol. The summed E-state index contributed by atoms with van der Waals surface area (Å²) in [6.07, 6.45) is 7.23. The molecular formula is C19H16N4O3. The third-order valence-corrected chi connectivity index (χ3v) is 4.77. The summed E-state index contributed by atoms with van der Waals surface area (Å²) in [5, 5.41) is 0. The maximum absolute atomic E-state index is 12.6. The van der Waals surface area contributed by atoms with Crippen molar-refractivity contribution in [1.82, 2.24) is 19.4 Å². The lowest BCUT2D eigenvalue weighted by Gasteiger charge is -2.17. The van der Waals surface area contributed by atoms with Gasteiger partial charge in [-0.25, -0.2) is 9.97 Å². The summed E-state index contributed by atoms with van der Waals surface area (Å²) in [5.74, 6) is 1.42. The molecule has 0 N–H and O–H groups in total. The lowest BCUT2D eigenvalue weighted by atomic mass is 10.2. The third-order valence-electron chi connectivity index (χ3n) is 4.77. The lowest BCUT2D eigenvalue weighted by molar-refractivity contribution is 0.0787. The average Bonchev–Trinajstić information content (AvgIpc) is 3.47. The van der Waals surface area contributed by atoms with Gasteiger partial charge in [-0.05, 0) is 36.8 Å². The van der Waals surface area contributed by atoms with Gasteiger partial charge in [0.2, 0.25) is 0 Å². The molecule has 1 atom stereocenters. The Labute approximate surface area is 148 Å². The first kappa shape index (κ1) is 14.9. The summed E-state index contributed by atoms with van der Waals surface area (Å²) < 4.78 is 12.7. The minimum atomic E-state index is -0.0156. The number of hydrogen-bond acceptors (Lipinski definition) is 5. The molecule has 130 valence electrons. The SMILES string of the molecule is O=C(c1ccoc1)N1CC[C@H](n2c(-c3ccco3)nc3cccnc32)C1. The van der Waals surface area contributed by atoms with E-state index in [1.165, 1.54) is 12.5 Å². The summed E-state index contributed by atoms with van der Waals surface area (Å²) in [4.78, 5) is 23.7. The van der Waals surface area contributed by atoms with Crippen LogP contribution in [0.1, 0.15) is 22.8 Å². The monoisotopic (exact) mass is 348 g/mol. The van der Waals surface area contributed by atoms with Gasteiger partial charge in [0.15, 0.2) is 17.2 Å². The molecule has 0 bridgehead atoms. The Kier molecular flexibility index (Phi) is 3.38. The van der Waals surface area contributed by atoms with Gasteiger partial charge >= 0.3 is 0 Å². The lowest BCUT2D eigenvalue weighted by Crippen LogP contribution is -2.28. The van der Waals surface area contributed by atoms with E-state index in [4.69, 9.17) is 13.8 Å². The van der Waals surface area contributed by atoms with Gasteiger partial charge in [-0.1, -0.05) is 0 Å². The summed E-state index contributed by atoms with van der Waals surface area (Å²) in [6, 6.07) is 9.32. The highest BCUT2D eigenvalue weighted by molar-refractivity contribution is 5.94. The molecule has 0 aromatic carbocycles. The van der Waals surface area contributed by atoms with Crippen LogP contribution in [0.25, 0.3) is 22.7 Å². The van der Waals surface area contributed by atoms with Crippen LogP contribution < -0.4 is 0 Å². The van der Waals surface area contributed by atoms with Gasteiger partial charge < -0.3 is 18.3 Å². The van der Waals surface area contributed by atoms with E-state index in [-0.39, 0.29) is 11.9 Å². The Morgan fingerprint density at radius 2 is 2.15 bits per heavy atom. The smallest absolute Gasteiger partial charge is 0.257 e. The topological polar surface area (TPSA) is 77.3 Å². The summed E-state index contributed by atoms with van der Waals surface area (Å²) in [6.45, 7) is 1.28. The molecule has 5 heterocycles. The van der Waals surface area contributed by atoms with Crippen molar-refractivity contribution in [2.24, 2.45) is 0 Å². The number of amides is 1. The van der Waals surface area contributed by atoms with Crippen LogP contribution in [-0.2, 0) is 0 Å². The summed E-state index contributed by atoms with van der Waals surface area (Å²) in [7, 11) is 0. The molecule has 0 unspecified atom stereocenters. The zero-order valence-electron chi connectivity index (χ0n) is 13.9. The summed E-state index contributed by atoms with van der Waals surface area (Å²) in [5.41, 5.74) is 2.20. The van der Waals surface area contributed by atoms with Crippen LogP contribution in [0.15, 0.2) is 64.2 Å². The Balaban J connectivity index is 1.53. The quantitative estimate of drug-likeness (QED) is 0.567. The Morgan fingerprint density at radius 3 is 2.96 bits per heavy atom. The molecule has 7 nitrogen and oxygen atoms in total. The van der Waals surface area contributed by atoms with Crippen LogP contribution in [-0.4, -0.2) is 38.4 Å². The van der Waals surface area contributed by atoms with Crippen LogP contribution in [0.4, 0.5) is 0 Å². The number of furan rings is 2. The van der Waals surface area contributed by atoms with Crippen LogP contribution in [0, 0.1) is 0 Å².